The molecule has 0 saturated heterocycles. The number of hydrogen-bond acceptors (Lipinski definition) is 8. The van der Waals surface area contributed by atoms with Gasteiger partial charge in [-0.25, -0.2) is 4.39 Å². The van der Waals surface area contributed by atoms with Gasteiger partial charge in [-0.15, -0.1) is 24.8 Å². The Bertz CT molecular complexity index is 1170. The number of nitrogens with one attached hydrogen (secondary N) is 2. The highest BCUT2D eigenvalue weighted by molar-refractivity contribution is 5.92. The molecule has 3 rings (SSSR count). The third-order valence-corrected chi connectivity index (χ3v) is 5.35. The normalized spacial score (nSPS) is 9.87. The molecule has 0 heterocycles. The van der Waals surface area contributed by atoms with E-state index in [1.807, 2.05) is 0 Å². The van der Waals surface area contributed by atoms with Gasteiger partial charge in [-0.05, 0) is 50.2 Å². The zero-order chi connectivity index (χ0) is 26.8. The summed E-state index contributed by atoms with van der Waals surface area (Å²) in [5, 5.41) is 15.9. The molecule has 0 spiro atoms. The third-order valence-electron chi connectivity index (χ3n) is 5.35. The molecule has 0 fully saturated rings. The second-order valence-electron chi connectivity index (χ2n) is 7.72. The van der Waals surface area contributed by atoms with Crippen molar-refractivity contribution in [2.75, 3.05) is 27.4 Å². The summed E-state index contributed by atoms with van der Waals surface area (Å²) in [7, 11) is 2.99. The smallest absolute Gasteiger partial charge is 0.213 e. The van der Waals surface area contributed by atoms with Gasteiger partial charge < -0.3 is 28.4 Å². The van der Waals surface area contributed by atoms with Crippen LogP contribution in [0.15, 0.2) is 54.6 Å². The van der Waals surface area contributed by atoms with Crippen molar-refractivity contribution in [1.82, 2.24) is 0 Å². The summed E-state index contributed by atoms with van der Waals surface area (Å²) < 4.78 is 48.1. The summed E-state index contributed by atoms with van der Waals surface area (Å²) in [5.41, 5.74) is 1.80. The Balaban J connectivity index is 0.00000380. The van der Waals surface area contributed by atoms with Crippen molar-refractivity contribution in [3.8, 4) is 23.0 Å². The molecule has 2 N–H and O–H groups in total. The highest BCUT2D eigenvalue weighted by Crippen LogP contribution is 2.31. The fourth-order valence-corrected chi connectivity index (χ4v) is 3.48. The van der Waals surface area contributed by atoms with Crippen molar-refractivity contribution in [3.05, 3.63) is 82.7 Å². The summed E-state index contributed by atoms with van der Waals surface area (Å²) in [6, 6.07) is 15.0. The van der Waals surface area contributed by atoms with Gasteiger partial charge in [0.25, 0.3) is 0 Å². The van der Waals surface area contributed by atoms with Crippen LogP contribution in [0.1, 0.15) is 36.1 Å². The van der Waals surface area contributed by atoms with Gasteiger partial charge in [-0.2, -0.15) is 0 Å². The monoisotopic (exact) mass is 582 g/mol. The van der Waals surface area contributed by atoms with E-state index in [9.17, 15) is 0 Å². The topological polar surface area (TPSA) is 103 Å². The number of benzene rings is 3. The zero-order valence-electron chi connectivity index (χ0n) is 22.2. The van der Waals surface area contributed by atoms with Gasteiger partial charge in [0.05, 0.1) is 27.4 Å². The third kappa shape index (κ3) is 8.66. The average Bonchev–Trinajstić information content (AvgIpc) is 2.91. The van der Waals surface area contributed by atoms with Crippen LogP contribution in [-0.4, -0.2) is 39.2 Å². The molecular formula is C28H33Cl2FN2O6. The van der Waals surface area contributed by atoms with E-state index in [4.69, 9.17) is 39.2 Å². The lowest BCUT2D eigenvalue weighted by Gasteiger charge is -2.15. The highest BCUT2D eigenvalue weighted by Gasteiger charge is 2.15. The summed E-state index contributed by atoms with van der Waals surface area (Å²) in [5.74, 6) is 1.28. The number of ether oxygens (including phenoxy) is 6. The first-order valence-corrected chi connectivity index (χ1v) is 11.7. The maximum absolute atomic E-state index is 15.2. The summed E-state index contributed by atoms with van der Waals surface area (Å²) >= 11 is 0. The van der Waals surface area contributed by atoms with Crippen LogP contribution < -0.4 is 18.9 Å². The molecule has 0 aromatic heterocycles. The van der Waals surface area contributed by atoms with Gasteiger partial charge >= 0.3 is 0 Å². The van der Waals surface area contributed by atoms with E-state index in [0.29, 0.717) is 58.5 Å². The fraction of sp³-hybridized carbons (Fsp3) is 0.286. The summed E-state index contributed by atoms with van der Waals surface area (Å²) in [6.07, 6.45) is 0. The summed E-state index contributed by atoms with van der Waals surface area (Å²) in [6.45, 7) is 4.32. The molecule has 0 aliphatic heterocycles. The van der Waals surface area contributed by atoms with Gasteiger partial charge in [0.1, 0.15) is 19.0 Å². The van der Waals surface area contributed by atoms with Crippen molar-refractivity contribution in [1.29, 1.82) is 10.8 Å². The maximum Gasteiger partial charge on any atom is 0.213 e. The van der Waals surface area contributed by atoms with Gasteiger partial charge in [0, 0.05) is 22.3 Å². The number of hydrogen-bond donors (Lipinski definition) is 2. The first kappa shape index (κ1) is 33.3. The molecular weight excluding hydrogens is 550 g/mol. The molecule has 0 aliphatic carbocycles. The Hall–Kier alpha value is -3.69. The predicted octanol–water partition coefficient (Wildman–Crippen LogP) is 6.57. The minimum Gasteiger partial charge on any atom is -0.493 e. The number of halogens is 3. The van der Waals surface area contributed by atoms with Crippen molar-refractivity contribution in [2.24, 2.45) is 0 Å². The highest BCUT2D eigenvalue weighted by atomic mass is 35.5. The first-order chi connectivity index (χ1) is 17.9. The lowest BCUT2D eigenvalue weighted by Crippen LogP contribution is -2.07. The Kier molecular flexibility index (Phi) is 13.9. The van der Waals surface area contributed by atoms with Crippen LogP contribution in [0.5, 0.6) is 23.0 Å². The van der Waals surface area contributed by atoms with Crippen LogP contribution in [0, 0.1) is 16.6 Å². The lowest BCUT2D eigenvalue weighted by atomic mass is 10.1. The van der Waals surface area contributed by atoms with Crippen LogP contribution in [0.2, 0.25) is 0 Å². The maximum atomic E-state index is 15.2. The van der Waals surface area contributed by atoms with Gasteiger partial charge in [0.2, 0.25) is 11.8 Å². The second-order valence-corrected chi connectivity index (χ2v) is 7.72. The molecule has 8 nitrogen and oxygen atoms in total. The molecule has 0 aliphatic rings. The van der Waals surface area contributed by atoms with E-state index in [1.54, 1.807) is 68.4 Å². The molecule has 0 amide bonds. The van der Waals surface area contributed by atoms with Crippen LogP contribution in [0.3, 0.4) is 0 Å². The van der Waals surface area contributed by atoms with E-state index in [2.05, 4.69) is 0 Å². The average molecular weight is 583 g/mol. The molecule has 212 valence electrons. The predicted molar refractivity (Wildman–Crippen MR) is 152 cm³/mol. The molecule has 0 radical (unpaired) electrons. The van der Waals surface area contributed by atoms with Crippen molar-refractivity contribution in [2.45, 2.75) is 27.1 Å². The van der Waals surface area contributed by atoms with Crippen LogP contribution in [0.25, 0.3) is 0 Å². The van der Waals surface area contributed by atoms with Crippen molar-refractivity contribution >= 4 is 36.6 Å². The first-order valence-electron chi connectivity index (χ1n) is 11.7. The Labute approximate surface area is 240 Å². The fourth-order valence-electron chi connectivity index (χ4n) is 3.48. The standard InChI is InChI=1S/C28H31FN2O6.2ClH/c1-5-34-27(30)18-10-12-22(24(14-18)32-3)36-16-20-8-7-9-21(26(20)29)17-37-23-13-11-19(15-25(23)33-4)28(31)35-6-2;;/h7-15,30-31H,5-6,16-17H2,1-4H3;2*1H. The molecule has 0 atom stereocenters. The van der Waals surface area contributed by atoms with E-state index in [-0.39, 0.29) is 49.8 Å². The van der Waals surface area contributed by atoms with Gasteiger partial charge in [-0.3, -0.25) is 10.8 Å². The quantitative estimate of drug-likeness (QED) is 0.185. The summed E-state index contributed by atoms with van der Waals surface area (Å²) in [4.78, 5) is 0. The van der Waals surface area contributed by atoms with E-state index < -0.39 is 5.82 Å². The van der Waals surface area contributed by atoms with Gasteiger partial charge in [0.15, 0.2) is 23.0 Å². The van der Waals surface area contributed by atoms with Crippen LogP contribution >= 0.6 is 24.8 Å². The number of methoxy groups -OCH3 is 2. The Morgan fingerprint density at radius 1 is 0.667 bits per heavy atom. The van der Waals surface area contributed by atoms with Crippen molar-refractivity contribution in [3.63, 3.8) is 0 Å². The second kappa shape index (κ2) is 16.3. The van der Waals surface area contributed by atoms with E-state index >= 15 is 4.39 Å². The lowest BCUT2D eigenvalue weighted by molar-refractivity contribution is 0.270. The number of rotatable bonds is 12. The molecule has 3 aromatic carbocycles. The Morgan fingerprint density at radius 2 is 1.08 bits per heavy atom. The van der Waals surface area contributed by atoms with E-state index in [0.717, 1.165) is 0 Å². The molecule has 39 heavy (non-hydrogen) atoms. The molecule has 0 unspecified atom stereocenters. The molecule has 0 saturated carbocycles. The molecule has 11 heteroatoms. The van der Waals surface area contributed by atoms with Crippen LogP contribution in [0.4, 0.5) is 4.39 Å². The zero-order valence-corrected chi connectivity index (χ0v) is 23.8. The van der Waals surface area contributed by atoms with Crippen LogP contribution in [-0.2, 0) is 22.7 Å². The largest absolute Gasteiger partial charge is 0.493 e. The molecule has 3 aromatic rings. The van der Waals surface area contributed by atoms with Gasteiger partial charge in [-0.1, -0.05) is 18.2 Å². The Morgan fingerprint density at radius 3 is 1.44 bits per heavy atom. The minimum absolute atomic E-state index is 0. The van der Waals surface area contributed by atoms with Crippen molar-refractivity contribution < 1.29 is 32.8 Å². The SMILES string of the molecule is CCOC(=N)c1ccc(OCc2cccc(COc3ccc(C(=N)OCC)cc3OC)c2F)c(OC)c1.Cl.Cl. The van der Waals surface area contributed by atoms with E-state index in [1.165, 1.54) is 14.2 Å². The molecule has 0 bridgehead atoms. The minimum atomic E-state index is -0.440.